The Morgan fingerprint density at radius 1 is 0.786 bits per heavy atom. The second kappa shape index (κ2) is 21.5. The molecular weight excluding hydrogens is 1340 g/mol. The predicted octanol–water partition coefficient (Wildman–Crippen LogP) is -6.70. The van der Waals surface area contributed by atoms with Crippen LogP contribution in [-0.2, 0) is 24.8 Å². The molecule has 14 N–H and O–H groups in total. The van der Waals surface area contributed by atoms with E-state index in [4.69, 9.17) is 5.63 Å². The molecule has 22 heteroatoms. The van der Waals surface area contributed by atoms with Crippen molar-refractivity contribution < 1.29 is 65.3 Å². The van der Waals surface area contributed by atoms with Crippen LogP contribution >= 0.6 is 18.0 Å². The van der Waals surface area contributed by atoms with Crippen molar-refractivity contribution >= 4 is 133 Å². The molecule has 1 aromatic rings. The van der Waals surface area contributed by atoms with Crippen LogP contribution in [-0.4, -0.2) is 150 Å². The average Bonchev–Trinajstić information content (AvgIpc) is 2.46. The van der Waals surface area contributed by atoms with Crippen molar-refractivity contribution in [2.75, 3.05) is 0 Å². The minimum absolute atomic E-state index is 0. The summed E-state index contributed by atoms with van der Waals surface area (Å²) in [6, 6.07) is 2.46. The van der Waals surface area contributed by atoms with E-state index in [0.29, 0.717) is 25.2 Å². The zero-order valence-corrected chi connectivity index (χ0v) is 30.6. The molecule has 1 aromatic carbocycles. The van der Waals surface area contributed by atoms with Gasteiger partial charge in [-0.3, -0.25) is 0 Å². The summed E-state index contributed by atoms with van der Waals surface area (Å²) in [5.41, 5.74) is 0. The van der Waals surface area contributed by atoms with Crippen molar-refractivity contribution in [3.63, 3.8) is 0 Å². The van der Waals surface area contributed by atoms with Crippen molar-refractivity contribution in [3.05, 3.63) is 12.1 Å². The van der Waals surface area contributed by atoms with Crippen molar-refractivity contribution in [2.24, 2.45) is 0 Å². The van der Waals surface area contributed by atoms with Gasteiger partial charge in [-0.2, -0.15) is 0 Å². The van der Waals surface area contributed by atoms with E-state index in [9.17, 15) is 16.8 Å². The Balaban J connectivity index is -0.000000126. The monoisotopic (exact) mass is 1350 g/mol. The SMILES string of the molecule is O.O.O.O.O.O.O.O=S(=O)([O][Bi])c1ccc([O][Bi])c(S(=O)(=O)[O][Bi])c1[O][Bi][I]. The van der Waals surface area contributed by atoms with Crippen LogP contribution in [0.25, 0.3) is 0 Å². The topological polar surface area (TPSA) is 326 Å². The van der Waals surface area contributed by atoms with Gasteiger partial charge in [0, 0.05) is 0 Å². The molecule has 0 aliphatic rings. The van der Waals surface area contributed by atoms with Crippen LogP contribution in [0.15, 0.2) is 21.9 Å². The minimum atomic E-state index is -4.15. The van der Waals surface area contributed by atoms with Crippen LogP contribution in [0, 0.1) is 0 Å². The Morgan fingerprint density at radius 3 is 1.54 bits per heavy atom. The second-order valence-electron chi connectivity index (χ2n) is 3.03. The first-order chi connectivity index (χ1) is 9.75. The van der Waals surface area contributed by atoms with Gasteiger partial charge in [0.2, 0.25) is 0 Å². The number of hydrogen-bond acceptors (Lipinski definition) is 8. The van der Waals surface area contributed by atoms with E-state index in [-0.39, 0.29) is 105 Å². The Kier molecular flexibility index (Phi) is 36.9. The van der Waals surface area contributed by atoms with Gasteiger partial charge < -0.3 is 38.3 Å². The van der Waals surface area contributed by atoms with Crippen LogP contribution in [0.4, 0.5) is 0 Å². The van der Waals surface area contributed by atoms with Gasteiger partial charge in [0.05, 0.1) is 0 Å². The first kappa shape index (κ1) is 48.2. The molecular formula is C6H16Bi4IO15S2. The summed E-state index contributed by atoms with van der Waals surface area (Å²) in [7, 11) is -8.23. The predicted molar refractivity (Wildman–Crippen MR) is 107 cm³/mol. The molecule has 0 amide bonds. The standard InChI is InChI=1S/C6H6O8S2.4Bi.HI.7H2O/c7-3-1-2-4(15(9,10)11)5(8)6(3)16(12,13)14;;;;;;;;;;;;/h1-2,7-8H,(H,9,10,11)(H,12,13,14);;;;;1H;7*1H2/q;3*+1;+2;;;;;;;;/p-5. The molecule has 0 saturated carbocycles. The zero-order valence-electron chi connectivity index (χ0n) is 12.9. The molecule has 0 unspecified atom stereocenters. The van der Waals surface area contributed by atoms with Gasteiger partial charge in [0.1, 0.15) is 0 Å². The van der Waals surface area contributed by atoms with E-state index in [1.807, 2.05) is 18.0 Å². The molecule has 7 radical (unpaired) electrons. The fourth-order valence-electron chi connectivity index (χ4n) is 1.23. The third-order valence-corrected chi connectivity index (χ3v) is 12.2. The summed E-state index contributed by atoms with van der Waals surface area (Å²) >= 11 is 1.16. The van der Waals surface area contributed by atoms with Crippen LogP contribution in [0.1, 0.15) is 0 Å². The van der Waals surface area contributed by atoms with E-state index in [0.717, 1.165) is 0 Å². The summed E-state index contributed by atoms with van der Waals surface area (Å²) in [5, 5.41) is 0. The van der Waals surface area contributed by atoms with Crippen molar-refractivity contribution in [1.29, 1.82) is 0 Å². The Labute approximate surface area is 228 Å². The van der Waals surface area contributed by atoms with Crippen LogP contribution < -0.4 is 5.63 Å². The molecule has 28 heavy (non-hydrogen) atoms. The molecule has 0 fully saturated rings. The van der Waals surface area contributed by atoms with E-state index < -0.39 is 44.6 Å². The van der Waals surface area contributed by atoms with E-state index >= 15 is 0 Å². The van der Waals surface area contributed by atoms with Crippen molar-refractivity contribution in [2.45, 2.75) is 9.79 Å². The van der Waals surface area contributed by atoms with E-state index in [2.05, 4.69) is 4.52 Å². The van der Waals surface area contributed by atoms with E-state index in [1.54, 1.807) is 0 Å². The van der Waals surface area contributed by atoms with Gasteiger partial charge >= 0.3 is 194 Å². The fourth-order valence-corrected chi connectivity index (χ4v) is 8.68. The third-order valence-electron chi connectivity index (χ3n) is 1.98. The quantitative estimate of drug-likeness (QED) is 0.186. The number of hydrogen-bond donors (Lipinski definition) is 0. The first-order valence-electron chi connectivity index (χ1n) is 4.38. The molecule has 0 aromatic heterocycles. The second-order valence-corrected chi connectivity index (χ2v) is 14.9. The van der Waals surface area contributed by atoms with Gasteiger partial charge in [-0.15, -0.1) is 0 Å². The van der Waals surface area contributed by atoms with Crippen LogP contribution in [0.3, 0.4) is 0 Å². The molecule has 0 saturated heterocycles. The van der Waals surface area contributed by atoms with Gasteiger partial charge in [-0.1, -0.05) is 0 Å². The number of rotatable bonds is 7. The van der Waals surface area contributed by atoms with Crippen LogP contribution in [0.5, 0.6) is 11.5 Å². The Hall–Kier alpha value is 2.62. The summed E-state index contributed by atoms with van der Waals surface area (Å²) in [6.45, 7) is 0. The summed E-state index contributed by atoms with van der Waals surface area (Å²) in [6.07, 6.45) is 0. The summed E-state index contributed by atoms with van der Waals surface area (Å²) in [4.78, 5) is -0.733. The molecule has 15 nitrogen and oxygen atoms in total. The molecule has 0 aliphatic carbocycles. The molecule has 0 aliphatic heterocycles. The van der Waals surface area contributed by atoms with Gasteiger partial charge in [0.15, 0.2) is 0 Å². The van der Waals surface area contributed by atoms with Crippen LogP contribution in [0.2, 0.25) is 0 Å². The molecule has 0 heterocycles. The zero-order chi connectivity index (χ0) is 16.3. The number of halogens is 1. The Morgan fingerprint density at radius 2 is 1.21 bits per heavy atom. The summed E-state index contributed by atoms with van der Waals surface area (Å²) in [5.74, 6) is -0.276. The molecule has 169 valence electrons. The van der Waals surface area contributed by atoms with Gasteiger partial charge in [-0.25, -0.2) is 0 Å². The van der Waals surface area contributed by atoms with Gasteiger partial charge in [0.25, 0.3) is 0 Å². The molecule has 0 atom stereocenters. The number of benzene rings is 1. The first-order valence-corrected chi connectivity index (χ1v) is 22.7. The average molecular weight is 1360 g/mol. The van der Waals surface area contributed by atoms with Crippen molar-refractivity contribution in [3.8, 4) is 11.5 Å². The van der Waals surface area contributed by atoms with Gasteiger partial charge in [-0.05, 0) is 0 Å². The normalized spacial score (nSPS) is 9.14. The Bertz CT molecular complexity index is 728. The van der Waals surface area contributed by atoms with E-state index in [1.165, 1.54) is 12.1 Å². The van der Waals surface area contributed by atoms with Crippen molar-refractivity contribution in [1.82, 2.24) is 0 Å². The summed E-state index contributed by atoms with van der Waals surface area (Å²) < 4.78 is 67.7. The maximum absolute atomic E-state index is 12.1. The third kappa shape index (κ3) is 12.0. The fraction of sp³-hybridized carbons (Fsp3) is 0. The molecule has 0 bridgehead atoms. The molecule has 1 rings (SSSR count). The maximum atomic E-state index is 12.1. The molecule has 0 spiro atoms.